The van der Waals surface area contributed by atoms with E-state index >= 15 is 0 Å². The van der Waals surface area contributed by atoms with E-state index < -0.39 is 30.4 Å². The van der Waals surface area contributed by atoms with Gasteiger partial charge in [-0.2, -0.15) is 0 Å². The molecule has 0 amide bonds. The summed E-state index contributed by atoms with van der Waals surface area (Å²) in [4.78, 5) is 10.7. The summed E-state index contributed by atoms with van der Waals surface area (Å²) in [5.74, 6) is -3.93. The van der Waals surface area contributed by atoms with Gasteiger partial charge in [0.15, 0.2) is 6.10 Å². The van der Waals surface area contributed by atoms with Crippen molar-refractivity contribution in [2.24, 2.45) is 5.92 Å². The summed E-state index contributed by atoms with van der Waals surface area (Å²) in [6, 6.07) is 0. The van der Waals surface area contributed by atoms with Crippen LogP contribution in [0.4, 0.5) is 0 Å². The van der Waals surface area contributed by atoms with Gasteiger partial charge >= 0.3 is 5.97 Å². The van der Waals surface area contributed by atoms with Gasteiger partial charge in [0.2, 0.25) is 5.79 Å². The highest BCUT2D eigenvalue weighted by Crippen LogP contribution is 2.29. The number of cyclic esters (lactones) is 1. The molecular weight excluding hydrogens is 152 g/mol. The molecule has 0 spiro atoms. The molecule has 3 N–H and O–H groups in total. The molecule has 5 heteroatoms. The minimum atomic E-state index is -2.23. The second-order valence-corrected chi connectivity index (χ2v) is 2.61. The Bertz CT molecular complexity index is 176. The van der Waals surface area contributed by atoms with Crippen LogP contribution in [0.15, 0.2) is 0 Å². The Hall–Kier alpha value is -0.650. The van der Waals surface area contributed by atoms with Crippen molar-refractivity contribution < 1.29 is 24.9 Å². The van der Waals surface area contributed by atoms with Gasteiger partial charge in [-0.15, -0.1) is 0 Å². The number of hydrogen-bond acceptors (Lipinski definition) is 5. The predicted octanol–water partition coefficient (Wildman–Crippen LogP) is -1.78. The number of aliphatic hydroxyl groups is 3. The highest BCUT2D eigenvalue weighted by Gasteiger charge is 2.52. The lowest BCUT2D eigenvalue weighted by molar-refractivity contribution is -0.217. The quantitative estimate of drug-likeness (QED) is 0.313. The molecule has 1 heterocycles. The molecule has 5 nitrogen and oxygen atoms in total. The van der Waals surface area contributed by atoms with Crippen molar-refractivity contribution in [3.8, 4) is 0 Å². The molecule has 0 aromatic heterocycles. The molecular formula is C6H10O5. The van der Waals surface area contributed by atoms with Gasteiger partial charge in [-0.05, 0) is 6.92 Å². The van der Waals surface area contributed by atoms with E-state index in [4.69, 9.17) is 15.3 Å². The summed E-state index contributed by atoms with van der Waals surface area (Å²) < 4.78 is 4.45. The van der Waals surface area contributed by atoms with Crippen LogP contribution < -0.4 is 0 Å². The molecule has 1 rings (SSSR count). The Labute approximate surface area is 63.2 Å². The van der Waals surface area contributed by atoms with E-state index in [-0.39, 0.29) is 0 Å². The summed E-state index contributed by atoms with van der Waals surface area (Å²) in [5, 5.41) is 26.8. The second-order valence-electron chi connectivity index (χ2n) is 2.61. The maximum Gasteiger partial charge on any atom is 0.314 e. The van der Waals surface area contributed by atoms with E-state index in [1.165, 1.54) is 6.92 Å². The van der Waals surface area contributed by atoms with Crippen LogP contribution in [0.1, 0.15) is 6.92 Å². The average molecular weight is 162 g/mol. The van der Waals surface area contributed by atoms with Gasteiger partial charge in [-0.1, -0.05) is 0 Å². The Kier molecular flexibility index (Phi) is 1.87. The Morgan fingerprint density at radius 1 is 1.64 bits per heavy atom. The van der Waals surface area contributed by atoms with Gasteiger partial charge in [0.25, 0.3) is 0 Å². The molecule has 0 saturated carbocycles. The van der Waals surface area contributed by atoms with Crippen LogP contribution in [-0.2, 0) is 9.53 Å². The number of carbonyl (C=O) groups is 1. The minimum absolute atomic E-state index is 0.580. The standard InChI is InChI=1S/C6H10O5/c1-3-5(8)11-4(2-7)6(3,9)10/h3-4,7,9-10H,2H2,1H3. The van der Waals surface area contributed by atoms with Crippen molar-refractivity contribution in [3.05, 3.63) is 0 Å². The predicted molar refractivity (Wildman–Crippen MR) is 33.3 cm³/mol. The van der Waals surface area contributed by atoms with Gasteiger partial charge in [0.1, 0.15) is 5.92 Å². The van der Waals surface area contributed by atoms with Crippen molar-refractivity contribution >= 4 is 5.97 Å². The monoisotopic (exact) mass is 162 g/mol. The maximum absolute atomic E-state index is 10.7. The number of aliphatic hydroxyl groups excluding tert-OH is 1. The normalized spacial score (nSPS) is 35.5. The number of hydrogen-bond donors (Lipinski definition) is 3. The lowest BCUT2D eigenvalue weighted by atomic mass is 10.00. The Balaban J connectivity index is 2.82. The van der Waals surface area contributed by atoms with E-state index in [0.29, 0.717) is 0 Å². The summed E-state index contributed by atoms with van der Waals surface area (Å²) in [5.41, 5.74) is 0. The first-order chi connectivity index (χ1) is 5.00. The molecule has 0 aromatic rings. The average Bonchev–Trinajstić information content (AvgIpc) is 2.13. The molecule has 2 unspecified atom stereocenters. The van der Waals surface area contributed by atoms with E-state index in [0.717, 1.165) is 0 Å². The third kappa shape index (κ3) is 1.11. The fourth-order valence-corrected chi connectivity index (χ4v) is 0.953. The van der Waals surface area contributed by atoms with Crippen LogP contribution in [0.3, 0.4) is 0 Å². The van der Waals surface area contributed by atoms with Gasteiger partial charge < -0.3 is 20.1 Å². The van der Waals surface area contributed by atoms with Gasteiger partial charge in [0.05, 0.1) is 6.61 Å². The van der Waals surface area contributed by atoms with Crippen LogP contribution in [0.25, 0.3) is 0 Å². The van der Waals surface area contributed by atoms with Crippen molar-refractivity contribution in [2.75, 3.05) is 6.61 Å². The number of rotatable bonds is 1. The number of esters is 1. The minimum Gasteiger partial charge on any atom is -0.454 e. The molecule has 11 heavy (non-hydrogen) atoms. The van der Waals surface area contributed by atoms with E-state index in [1.54, 1.807) is 0 Å². The molecule has 64 valence electrons. The van der Waals surface area contributed by atoms with Gasteiger partial charge in [-0.25, -0.2) is 0 Å². The van der Waals surface area contributed by atoms with E-state index in [2.05, 4.69) is 4.74 Å². The molecule has 1 aliphatic heterocycles. The maximum atomic E-state index is 10.7. The van der Waals surface area contributed by atoms with Gasteiger partial charge in [-0.3, -0.25) is 4.79 Å². The summed E-state index contributed by atoms with van der Waals surface area (Å²) in [6.07, 6.45) is -1.22. The van der Waals surface area contributed by atoms with Crippen molar-refractivity contribution in [1.82, 2.24) is 0 Å². The summed E-state index contributed by atoms with van der Waals surface area (Å²) in [7, 11) is 0. The van der Waals surface area contributed by atoms with Crippen molar-refractivity contribution in [3.63, 3.8) is 0 Å². The first-order valence-electron chi connectivity index (χ1n) is 3.26. The lowest BCUT2D eigenvalue weighted by Gasteiger charge is -2.21. The second kappa shape index (κ2) is 2.44. The zero-order chi connectivity index (χ0) is 8.65. The molecule has 1 aliphatic rings. The van der Waals surface area contributed by atoms with Crippen LogP contribution in [0.5, 0.6) is 0 Å². The number of carbonyl (C=O) groups excluding carboxylic acids is 1. The largest absolute Gasteiger partial charge is 0.454 e. The fourth-order valence-electron chi connectivity index (χ4n) is 0.953. The molecule has 0 aliphatic carbocycles. The third-order valence-electron chi connectivity index (χ3n) is 1.89. The molecule has 1 saturated heterocycles. The van der Waals surface area contributed by atoms with Crippen LogP contribution in [0.2, 0.25) is 0 Å². The first kappa shape index (κ1) is 8.45. The zero-order valence-electron chi connectivity index (χ0n) is 6.02. The van der Waals surface area contributed by atoms with E-state index in [1.807, 2.05) is 0 Å². The fraction of sp³-hybridized carbons (Fsp3) is 0.833. The molecule has 2 atom stereocenters. The van der Waals surface area contributed by atoms with Crippen LogP contribution in [0, 0.1) is 5.92 Å². The molecule has 0 bridgehead atoms. The SMILES string of the molecule is CC1C(=O)OC(CO)C1(O)O. The Morgan fingerprint density at radius 3 is 2.36 bits per heavy atom. The first-order valence-corrected chi connectivity index (χ1v) is 3.26. The smallest absolute Gasteiger partial charge is 0.314 e. The Morgan fingerprint density at radius 2 is 2.18 bits per heavy atom. The van der Waals surface area contributed by atoms with Crippen molar-refractivity contribution in [2.45, 2.75) is 18.8 Å². The molecule has 0 aromatic carbocycles. The summed E-state index contributed by atoms with van der Waals surface area (Å²) >= 11 is 0. The third-order valence-corrected chi connectivity index (χ3v) is 1.89. The highest BCUT2D eigenvalue weighted by molar-refractivity contribution is 5.75. The van der Waals surface area contributed by atoms with Crippen LogP contribution in [-0.4, -0.2) is 39.8 Å². The van der Waals surface area contributed by atoms with E-state index in [9.17, 15) is 4.79 Å². The van der Waals surface area contributed by atoms with Gasteiger partial charge in [0, 0.05) is 0 Å². The lowest BCUT2D eigenvalue weighted by Crippen LogP contribution is -2.44. The van der Waals surface area contributed by atoms with Crippen molar-refractivity contribution in [1.29, 1.82) is 0 Å². The molecule has 0 radical (unpaired) electrons. The highest BCUT2D eigenvalue weighted by atomic mass is 16.6. The zero-order valence-corrected chi connectivity index (χ0v) is 6.02. The topological polar surface area (TPSA) is 87.0 Å². The van der Waals surface area contributed by atoms with Crippen LogP contribution >= 0.6 is 0 Å². The number of ether oxygens (including phenoxy) is 1. The molecule has 1 fully saturated rings. The summed E-state index contributed by atoms with van der Waals surface area (Å²) in [6.45, 7) is 0.751.